The van der Waals surface area contributed by atoms with Gasteiger partial charge in [0.2, 0.25) is 5.79 Å². The molecule has 0 amide bonds. The van der Waals surface area contributed by atoms with Crippen LogP contribution in [0.3, 0.4) is 0 Å². The van der Waals surface area contributed by atoms with Crippen LogP contribution in [-0.4, -0.2) is 25.3 Å². The highest BCUT2D eigenvalue weighted by molar-refractivity contribution is 5.89. The second-order valence-corrected chi connectivity index (χ2v) is 6.36. The van der Waals surface area contributed by atoms with Gasteiger partial charge < -0.3 is 14.2 Å². The molecule has 1 fully saturated rings. The molecule has 4 rings (SSSR count). The SMILES string of the molecule is O=C(OC[C@H]1COC(c2ccccc2)(c2ccccc2)O1)c1ccccc1. The summed E-state index contributed by atoms with van der Waals surface area (Å²) < 4.78 is 17.9. The van der Waals surface area contributed by atoms with Crippen LogP contribution in [0.2, 0.25) is 0 Å². The lowest BCUT2D eigenvalue weighted by molar-refractivity contribution is -0.147. The number of carbonyl (C=O) groups excluding carboxylic acids is 1. The normalized spacial score (nSPS) is 18.1. The average Bonchev–Trinajstić information content (AvgIpc) is 3.19. The summed E-state index contributed by atoms with van der Waals surface area (Å²) in [5, 5.41) is 0. The molecule has 4 nitrogen and oxygen atoms in total. The van der Waals surface area contributed by atoms with Gasteiger partial charge in [-0.3, -0.25) is 0 Å². The molecule has 0 saturated carbocycles. The van der Waals surface area contributed by atoms with Crippen molar-refractivity contribution in [1.29, 1.82) is 0 Å². The number of hydrogen-bond donors (Lipinski definition) is 0. The Kier molecular flexibility index (Phi) is 5.01. The summed E-state index contributed by atoms with van der Waals surface area (Å²) in [6, 6.07) is 28.6. The smallest absolute Gasteiger partial charge is 0.338 e. The molecule has 0 radical (unpaired) electrons. The third-order valence-corrected chi connectivity index (χ3v) is 4.52. The molecule has 0 unspecified atom stereocenters. The van der Waals surface area contributed by atoms with Gasteiger partial charge in [-0.2, -0.15) is 0 Å². The highest BCUT2D eigenvalue weighted by Crippen LogP contribution is 2.40. The second kappa shape index (κ2) is 7.74. The molecule has 0 N–H and O–H groups in total. The molecule has 1 saturated heterocycles. The number of benzene rings is 3. The van der Waals surface area contributed by atoms with Crippen molar-refractivity contribution in [3.8, 4) is 0 Å². The van der Waals surface area contributed by atoms with E-state index < -0.39 is 5.79 Å². The maximum Gasteiger partial charge on any atom is 0.338 e. The van der Waals surface area contributed by atoms with E-state index in [-0.39, 0.29) is 18.7 Å². The Morgan fingerprint density at radius 3 is 1.93 bits per heavy atom. The number of hydrogen-bond acceptors (Lipinski definition) is 4. The molecule has 1 aliphatic heterocycles. The van der Waals surface area contributed by atoms with Crippen LogP contribution >= 0.6 is 0 Å². The van der Waals surface area contributed by atoms with Crippen LogP contribution in [0.1, 0.15) is 21.5 Å². The van der Waals surface area contributed by atoms with E-state index in [0.717, 1.165) is 11.1 Å². The zero-order valence-corrected chi connectivity index (χ0v) is 14.8. The highest BCUT2D eigenvalue weighted by atomic mass is 16.8. The van der Waals surface area contributed by atoms with Crippen LogP contribution < -0.4 is 0 Å². The van der Waals surface area contributed by atoms with Crippen LogP contribution in [0.5, 0.6) is 0 Å². The Morgan fingerprint density at radius 2 is 1.37 bits per heavy atom. The van der Waals surface area contributed by atoms with Crippen LogP contribution in [0.25, 0.3) is 0 Å². The third kappa shape index (κ3) is 3.63. The Morgan fingerprint density at radius 1 is 0.852 bits per heavy atom. The minimum Gasteiger partial charge on any atom is -0.459 e. The van der Waals surface area contributed by atoms with E-state index in [1.165, 1.54) is 0 Å². The Bertz CT molecular complexity index is 839. The first-order valence-corrected chi connectivity index (χ1v) is 8.93. The van der Waals surface area contributed by atoms with Gasteiger partial charge in [-0.1, -0.05) is 78.9 Å². The minimum absolute atomic E-state index is 0.134. The Labute approximate surface area is 158 Å². The molecule has 136 valence electrons. The van der Waals surface area contributed by atoms with Crippen LogP contribution in [0, 0.1) is 0 Å². The van der Waals surface area contributed by atoms with Crippen LogP contribution in [0.4, 0.5) is 0 Å². The van der Waals surface area contributed by atoms with Crippen molar-refractivity contribution in [3.05, 3.63) is 108 Å². The predicted molar refractivity (Wildman–Crippen MR) is 101 cm³/mol. The lowest BCUT2D eigenvalue weighted by Crippen LogP contribution is -2.30. The summed E-state index contributed by atoms with van der Waals surface area (Å²) in [6.07, 6.45) is -0.349. The van der Waals surface area contributed by atoms with Crippen molar-refractivity contribution >= 4 is 5.97 Å². The van der Waals surface area contributed by atoms with Gasteiger partial charge in [0.1, 0.15) is 12.7 Å². The summed E-state index contributed by atoms with van der Waals surface area (Å²) in [6.45, 7) is 0.473. The van der Waals surface area contributed by atoms with E-state index in [1.54, 1.807) is 12.1 Å². The number of esters is 1. The molecule has 3 aromatic rings. The molecule has 3 aromatic carbocycles. The predicted octanol–water partition coefficient (Wildman–Crippen LogP) is 4.16. The number of ether oxygens (including phenoxy) is 3. The molecule has 0 spiro atoms. The summed E-state index contributed by atoms with van der Waals surface area (Å²) in [5.74, 6) is -1.36. The molecule has 27 heavy (non-hydrogen) atoms. The Balaban J connectivity index is 1.51. The quantitative estimate of drug-likeness (QED) is 0.641. The zero-order chi connectivity index (χ0) is 18.5. The summed E-state index contributed by atoms with van der Waals surface area (Å²) in [7, 11) is 0. The van der Waals surface area contributed by atoms with Gasteiger partial charge in [-0.25, -0.2) is 4.79 Å². The molecular weight excluding hydrogens is 340 g/mol. The summed E-state index contributed by atoms with van der Waals surface area (Å²) in [5.41, 5.74) is 2.34. The maximum atomic E-state index is 12.2. The average molecular weight is 360 g/mol. The van der Waals surface area contributed by atoms with Crippen molar-refractivity contribution in [2.24, 2.45) is 0 Å². The lowest BCUT2D eigenvalue weighted by atomic mass is 9.97. The van der Waals surface area contributed by atoms with Crippen molar-refractivity contribution in [2.75, 3.05) is 13.2 Å². The molecular formula is C23H20O4. The minimum atomic E-state index is -0.994. The molecule has 0 bridgehead atoms. The maximum absolute atomic E-state index is 12.2. The monoisotopic (exact) mass is 360 g/mol. The third-order valence-electron chi connectivity index (χ3n) is 4.52. The van der Waals surface area contributed by atoms with Gasteiger partial charge in [0.25, 0.3) is 0 Å². The largest absolute Gasteiger partial charge is 0.459 e. The van der Waals surface area contributed by atoms with Crippen LogP contribution in [0.15, 0.2) is 91.0 Å². The lowest BCUT2D eigenvalue weighted by Gasteiger charge is -2.29. The van der Waals surface area contributed by atoms with Gasteiger partial charge in [-0.05, 0) is 12.1 Å². The fraction of sp³-hybridized carbons (Fsp3) is 0.174. The number of carbonyl (C=O) groups is 1. The molecule has 1 aliphatic rings. The van der Waals surface area contributed by atoms with E-state index in [9.17, 15) is 4.79 Å². The molecule has 4 heteroatoms. The van der Waals surface area contributed by atoms with Crippen molar-refractivity contribution in [2.45, 2.75) is 11.9 Å². The van der Waals surface area contributed by atoms with E-state index in [2.05, 4.69) is 0 Å². The van der Waals surface area contributed by atoms with Crippen molar-refractivity contribution < 1.29 is 19.0 Å². The van der Waals surface area contributed by atoms with E-state index in [1.807, 2.05) is 78.9 Å². The molecule has 0 aliphatic carbocycles. The summed E-state index contributed by atoms with van der Waals surface area (Å²) in [4.78, 5) is 12.2. The fourth-order valence-electron chi connectivity index (χ4n) is 3.21. The van der Waals surface area contributed by atoms with Gasteiger partial charge in [-0.15, -0.1) is 0 Å². The summed E-state index contributed by atoms with van der Waals surface area (Å²) >= 11 is 0. The first-order chi connectivity index (χ1) is 13.3. The van der Waals surface area contributed by atoms with Gasteiger partial charge >= 0.3 is 5.97 Å². The van der Waals surface area contributed by atoms with Crippen molar-refractivity contribution in [1.82, 2.24) is 0 Å². The Hall–Kier alpha value is -2.95. The van der Waals surface area contributed by atoms with Gasteiger partial charge in [0.15, 0.2) is 0 Å². The zero-order valence-electron chi connectivity index (χ0n) is 14.8. The first-order valence-electron chi connectivity index (χ1n) is 8.93. The molecule has 1 atom stereocenters. The standard InChI is InChI=1S/C23H20O4/c24-22(18-10-4-1-5-11-18)25-16-21-17-26-23(27-21,19-12-6-2-7-13-19)20-14-8-3-9-15-20/h1-15,21H,16-17H2/t21-/m0/s1. The van der Waals surface area contributed by atoms with Crippen molar-refractivity contribution in [3.63, 3.8) is 0 Å². The fourth-order valence-corrected chi connectivity index (χ4v) is 3.21. The topological polar surface area (TPSA) is 44.8 Å². The van der Waals surface area contributed by atoms with E-state index in [4.69, 9.17) is 14.2 Å². The van der Waals surface area contributed by atoms with Gasteiger partial charge in [0, 0.05) is 11.1 Å². The van der Waals surface area contributed by atoms with E-state index in [0.29, 0.717) is 12.2 Å². The molecule has 0 aromatic heterocycles. The first kappa shape index (κ1) is 17.5. The second-order valence-electron chi connectivity index (χ2n) is 6.36. The van der Waals surface area contributed by atoms with E-state index >= 15 is 0 Å². The van der Waals surface area contributed by atoms with Crippen LogP contribution in [-0.2, 0) is 20.0 Å². The number of rotatable bonds is 5. The van der Waals surface area contributed by atoms with Gasteiger partial charge in [0.05, 0.1) is 12.2 Å². The molecule has 1 heterocycles. The highest BCUT2D eigenvalue weighted by Gasteiger charge is 2.45.